The maximum absolute atomic E-state index is 14.3. The zero-order valence-corrected chi connectivity index (χ0v) is 17.4. The number of likely N-dealkylation sites (N-methyl/N-ethyl adjacent to an activating group) is 1. The van der Waals surface area contributed by atoms with Crippen molar-refractivity contribution in [3.63, 3.8) is 0 Å². The van der Waals surface area contributed by atoms with Crippen molar-refractivity contribution < 1.29 is 18.1 Å². The molecule has 0 N–H and O–H groups in total. The molecule has 5 rings (SSSR count). The topological polar surface area (TPSA) is 72.1 Å². The fraction of sp³-hybridized carbons (Fsp3) is 0.391. The van der Waals surface area contributed by atoms with Crippen LogP contribution < -0.4 is 0 Å². The first-order valence-electron chi connectivity index (χ1n) is 10.5. The molecule has 8 heteroatoms. The molecule has 0 saturated heterocycles. The minimum Gasteiger partial charge on any atom is -0.361 e. The molecule has 6 nitrogen and oxygen atoms in total. The van der Waals surface area contributed by atoms with Crippen molar-refractivity contribution in [3.05, 3.63) is 64.7 Å². The van der Waals surface area contributed by atoms with Crippen LogP contribution in [-0.2, 0) is 5.41 Å². The van der Waals surface area contributed by atoms with Crippen LogP contribution in [0.1, 0.15) is 59.6 Å². The molecule has 2 aliphatic rings. The van der Waals surface area contributed by atoms with Crippen LogP contribution in [0.3, 0.4) is 0 Å². The Morgan fingerprint density at radius 1 is 1.26 bits per heavy atom. The summed E-state index contributed by atoms with van der Waals surface area (Å²) in [5.41, 5.74) is 1.87. The molecule has 2 aromatic heterocycles. The van der Waals surface area contributed by atoms with Gasteiger partial charge in [0.1, 0.15) is 17.4 Å². The second-order valence-electron chi connectivity index (χ2n) is 8.49. The number of halogens is 2. The molecule has 2 bridgehead atoms. The molecule has 1 amide bonds. The van der Waals surface area contributed by atoms with Gasteiger partial charge in [0.15, 0.2) is 5.69 Å². The molecule has 1 aromatic carbocycles. The fourth-order valence-corrected chi connectivity index (χ4v) is 5.14. The predicted molar refractivity (Wildman–Crippen MR) is 108 cm³/mol. The number of amides is 1. The van der Waals surface area contributed by atoms with Crippen molar-refractivity contribution in [2.75, 3.05) is 13.1 Å². The minimum absolute atomic E-state index is 0.151. The van der Waals surface area contributed by atoms with Gasteiger partial charge in [-0.15, -0.1) is 0 Å². The van der Waals surface area contributed by atoms with Crippen molar-refractivity contribution in [2.45, 2.75) is 44.4 Å². The number of hydrogen-bond donors (Lipinski definition) is 0. The molecule has 0 unspecified atom stereocenters. The van der Waals surface area contributed by atoms with E-state index < -0.39 is 11.6 Å². The minimum atomic E-state index is -0.655. The molecular weight excluding hydrogens is 402 g/mol. The van der Waals surface area contributed by atoms with Crippen LogP contribution >= 0.6 is 0 Å². The van der Waals surface area contributed by atoms with Crippen molar-refractivity contribution in [2.24, 2.45) is 0 Å². The van der Waals surface area contributed by atoms with Crippen molar-refractivity contribution in [3.8, 4) is 11.3 Å². The van der Waals surface area contributed by atoms with E-state index in [1.54, 1.807) is 24.0 Å². The summed E-state index contributed by atoms with van der Waals surface area (Å²) in [7, 11) is 0. The van der Waals surface area contributed by atoms with E-state index in [9.17, 15) is 13.6 Å². The molecule has 0 aliphatic heterocycles. The number of nitrogens with zero attached hydrogens (tertiary/aromatic N) is 4. The molecular formula is C23H22F2N4O2. The Bertz CT molecular complexity index is 1160. The zero-order chi connectivity index (χ0) is 21.8. The summed E-state index contributed by atoms with van der Waals surface area (Å²) in [4.78, 5) is 14.7. The van der Waals surface area contributed by atoms with E-state index >= 15 is 0 Å². The van der Waals surface area contributed by atoms with Gasteiger partial charge in [-0.2, -0.15) is 10.2 Å². The van der Waals surface area contributed by atoms with E-state index in [-0.39, 0.29) is 28.5 Å². The quantitative estimate of drug-likeness (QED) is 0.607. The Labute approximate surface area is 178 Å². The smallest absolute Gasteiger partial charge is 0.276 e. The summed E-state index contributed by atoms with van der Waals surface area (Å²) in [5.74, 6) is -0.648. The fourth-order valence-electron chi connectivity index (χ4n) is 5.14. The maximum atomic E-state index is 14.3. The Hall–Kier alpha value is -3.16. The summed E-state index contributed by atoms with van der Waals surface area (Å²) < 4.78 is 33.6. The van der Waals surface area contributed by atoms with Crippen molar-refractivity contribution in [1.82, 2.24) is 20.3 Å². The standard InChI is InChI=1S/C23H22F2N4O2/c1-3-29(22(30)19-9-13(2)31-28-19)12-23-8-7-14(11-23)15-10-18(26-27-21(15)23)20-16(24)5-4-6-17(20)25/h4-6,9-10,14H,3,7-8,11-12H2,1-2H3/t14-,23+/m1/s1. The molecule has 2 aliphatic carbocycles. The lowest BCUT2D eigenvalue weighted by Crippen LogP contribution is -2.42. The molecule has 31 heavy (non-hydrogen) atoms. The number of carbonyl (C=O) groups is 1. The number of fused-ring (bicyclic) bond motifs is 5. The van der Waals surface area contributed by atoms with Gasteiger partial charge in [-0.1, -0.05) is 11.2 Å². The van der Waals surface area contributed by atoms with E-state index in [0.29, 0.717) is 24.5 Å². The van der Waals surface area contributed by atoms with Crippen LogP contribution in [-0.4, -0.2) is 39.3 Å². The van der Waals surface area contributed by atoms with Crippen molar-refractivity contribution in [1.29, 1.82) is 0 Å². The number of benzene rings is 1. The SMILES string of the molecule is CCN(C[C@]12CC[C@H](C1)c1cc(-c3c(F)cccc3F)nnc12)C(=O)c1cc(C)on1. The van der Waals surface area contributed by atoms with E-state index in [2.05, 4.69) is 15.4 Å². The third kappa shape index (κ3) is 3.12. The monoisotopic (exact) mass is 424 g/mol. The first-order valence-corrected chi connectivity index (χ1v) is 10.5. The lowest BCUT2D eigenvalue weighted by Gasteiger charge is -2.33. The lowest BCUT2D eigenvalue weighted by molar-refractivity contribution is 0.0711. The largest absolute Gasteiger partial charge is 0.361 e. The average molecular weight is 424 g/mol. The summed E-state index contributed by atoms with van der Waals surface area (Å²) >= 11 is 0. The molecule has 160 valence electrons. The van der Waals surface area contributed by atoms with Gasteiger partial charge in [0.2, 0.25) is 0 Å². The van der Waals surface area contributed by atoms with Gasteiger partial charge in [0, 0.05) is 24.6 Å². The number of aryl methyl sites for hydroxylation is 1. The van der Waals surface area contributed by atoms with E-state index in [1.165, 1.54) is 18.2 Å². The van der Waals surface area contributed by atoms with Gasteiger partial charge in [-0.25, -0.2) is 8.78 Å². The van der Waals surface area contributed by atoms with Crippen LogP contribution in [0.5, 0.6) is 0 Å². The highest BCUT2D eigenvalue weighted by atomic mass is 19.1. The van der Waals surface area contributed by atoms with E-state index in [0.717, 1.165) is 30.5 Å². The normalized spacial score (nSPS) is 21.4. The van der Waals surface area contributed by atoms with Gasteiger partial charge in [0.05, 0.1) is 17.0 Å². The summed E-state index contributed by atoms with van der Waals surface area (Å²) in [5, 5.41) is 12.5. The Morgan fingerprint density at radius 3 is 2.71 bits per heavy atom. The molecule has 1 saturated carbocycles. The van der Waals surface area contributed by atoms with Crippen LogP contribution in [0.4, 0.5) is 8.78 Å². The number of carbonyl (C=O) groups excluding carboxylic acids is 1. The molecule has 2 atom stereocenters. The summed E-state index contributed by atoms with van der Waals surface area (Å²) in [6, 6.07) is 7.18. The third-order valence-electron chi connectivity index (χ3n) is 6.60. The highest BCUT2D eigenvalue weighted by molar-refractivity contribution is 5.92. The highest BCUT2D eigenvalue weighted by Crippen LogP contribution is 2.57. The van der Waals surface area contributed by atoms with Crippen LogP contribution in [0.25, 0.3) is 11.3 Å². The Morgan fingerprint density at radius 2 is 2.03 bits per heavy atom. The van der Waals surface area contributed by atoms with Gasteiger partial charge in [-0.3, -0.25) is 4.79 Å². The molecule has 0 spiro atoms. The average Bonchev–Trinajstić information content (AvgIpc) is 3.45. The van der Waals surface area contributed by atoms with Gasteiger partial charge in [0.25, 0.3) is 5.91 Å². The van der Waals surface area contributed by atoms with Crippen molar-refractivity contribution >= 4 is 5.91 Å². The zero-order valence-electron chi connectivity index (χ0n) is 17.4. The van der Waals surface area contributed by atoms with Crippen LogP contribution in [0.15, 0.2) is 34.9 Å². The van der Waals surface area contributed by atoms with E-state index in [1.807, 2.05) is 6.92 Å². The summed E-state index contributed by atoms with van der Waals surface area (Å²) in [6.07, 6.45) is 2.70. The van der Waals surface area contributed by atoms with Gasteiger partial charge >= 0.3 is 0 Å². The highest BCUT2D eigenvalue weighted by Gasteiger charge is 2.52. The number of rotatable bonds is 5. The summed E-state index contributed by atoms with van der Waals surface area (Å²) in [6.45, 7) is 4.71. The van der Waals surface area contributed by atoms with Gasteiger partial charge < -0.3 is 9.42 Å². The van der Waals surface area contributed by atoms with Crippen LogP contribution in [0.2, 0.25) is 0 Å². The molecule has 2 heterocycles. The Balaban J connectivity index is 1.48. The maximum Gasteiger partial charge on any atom is 0.276 e. The molecule has 1 fully saturated rings. The van der Waals surface area contributed by atoms with Crippen LogP contribution in [0, 0.1) is 18.6 Å². The van der Waals surface area contributed by atoms with E-state index in [4.69, 9.17) is 4.52 Å². The third-order valence-corrected chi connectivity index (χ3v) is 6.60. The lowest BCUT2D eigenvalue weighted by atomic mass is 9.82. The number of hydrogen-bond acceptors (Lipinski definition) is 5. The predicted octanol–water partition coefficient (Wildman–Crippen LogP) is 4.40. The first kappa shape index (κ1) is 19.8. The molecule has 0 radical (unpaired) electrons. The first-order chi connectivity index (χ1) is 14.9. The molecule has 3 aromatic rings. The second-order valence-corrected chi connectivity index (χ2v) is 8.49. The number of aromatic nitrogens is 3. The van der Waals surface area contributed by atoms with Gasteiger partial charge in [-0.05, 0) is 62.8 Å². The Kier molecular flexibility index (Phi) is 4.60. The second kappa shape index (κ2) is 7.21.